The lowest BCUT2D eigenvalue weighted by molar-refractivity contribution is 0.181. The van der Waals surface area contributed by atoms with Crippen molar-refractivity contribution in [1.82, 2.24) is 9.80 Å². The number of methoxy groups -OCH3 is 8. The molecule has 2 heterocycles. The molecule has 62 heavy (non-hydrogen) atoms. The summed E-state index contributed by atoms with van der Waals surface area (Å²) >= 11 is 0. The molecule has 0 spiro atoms. The van der Waals surface area contributed by atoms with E-state index in [1.807, 2.05) is 70.5 Å². The minimum Gasteiger partial charge on any atom is -0.493 e. The Hall–Kier alpha value is -6.96. The van der Waals surface area contributed by atoms with E-state index in [9.17, 15) is 9.59 Å². The molecule has 0 radical (unpaired) electrons. The van der Waals surface area contributed by atoms with Crippen molar-refractivity contribution in [2.45, 2.75) is 37.8 Å². The zero-order valence-electron chi connectivity index (χ0n) is 36.5. The molecule has 14 nitrogen and oxygen atoms in total. The fourth-order valence-corrected chi connectivity index (χ4v) is 8.47. The minimum atomic E-state index is -0.335. The largest absolute Gasteiger partial charge is 0.493 e. The Labute approximate surface area is 362 Å². The highest BCUT2D eigenvalue weighted by Gasteiger charge is 2.35. The van der Waals surface area contributed by atoms with Crippen molar-refractivity contribution in [3.05, 3.63) is 118 Å². The molecule has 0 saturated carbocycles. The van der Waals surface area contributed by atoms with Crippen LogP contribution in [0.25, 0.3) is 0 Å². The first-order valence-electron chi connectivity index (χ1n) is 20.3. The number of ether oxygens (including phenoxy) is 8. The molecule has 7 rings (SSSR count). The van der Waals surface area contributed by atoms with Crippen molar-refractivity contribution in [2.75, 3.05) is 80.6 Å². The monoisotopic (exact) mass is 846 g/mol. The number of fused-ring (bicyclic) bond motifs is 2. The van der Waals surface area contributed by atoms with Crippen molar-refractivity contribution in [3.8, 4) is 46.0 Å². The molecule has 0 bridgehead atoms. The van der Waals surface area contributed by atoms with Crippen LogP contribution in [0.1, 0.15) is 45.5 Å². The van der Waals surface area contributed by atoms with Crippen LogP contribution in [0, 0.1) is 0 Å². The number of carbonyl (C=O) groups excluding carboxylic acids is 2. The van der Waals surface area contributed by atoms with Crippen LogP contribution >= 0.6 is 0 Å². The maximum atomic E-state index is 14.2. The second kappa shape index (κ2) is 19.2. The quantitative estimate of drug-likeness (QED) is 0.112. The van der Waals surface area contributed by atoms with E-state index in [2.05, 4.69) is 10.6 Å². The van der Waals surface area contributed by atoms with Gasteiger partial charge in [-0.15, -0.1) is 0 Å². The smallest absolute Gasteiger partial charge is 0.322 e. The van der Waals surface area contributed by atoms with Gasteiger partial charge in [0.1, 0.15) is 0 Å². The van der Waals surface area contributed by atoms with Crippen molar-refractivity contribution in [3.63, 3.8) is 0 Å². The first kappa shape index (κ1) is 43.1. The Kier molecular flexibility index (Phi) is 13.3. The second-order valence-corrected chi connectivity index (χ2v) is 15.0. The third kappa shape index (κ3) is 8.90. The molecule has 14 heteroatoms. The summed E-state index contributed by atoms with van der Waals surface area (Å²) in [6.45, 7) is 0.949. The van der Waals surface area contributed by atoms with Gasteiger partial charge in [0, 0.05) is 24.5 Å². The van der Waals surface area contributed by atoms with Gasteiger partial charge in [-0.05, 0) is 132 Å². The van der Waals surface area contributed by atoms with Crippen LogP contribution in [-0.4, -0.2) is 91.8 Å². The number of rotatable bonds is 14. The molecule has 0 aromatic heterocycles. The zero-order valence-corrected chi connectivity index (χ0v) is 36.5. The van der Waals surface area contributed by atoms with Gasteiger partial charge in [0.15, 0.2) is 46.0 Å². The molecule has 2 atom stereocenters. The van der Waals surface area contributed by atoms with Crippen LogP contribution < -0.4 is 48.5 Å². The summed E-state index contributed by atoms with van der Waals surface area (Å²) in [5, 5.41) is 6.20. The molecular weight excluding hydrogens is 793 g/mol. The molecule has 2 aliphatic heterocycles. The summed E-state index contributed by atoms with van der Waals surface area (Å²) in [4.78, 5) is 32.1. The van der Waals surface area contributed by atoms with E-state index in [1.165, 1.54) is 0 Å². The first-order chi connectivity index (χ1) is 30.1. The number of nitrogens with zero attached hydrogens (tertiary/aromatic N) is 2. The van der Waals surface area contributed by atoms with Crippen LogP contribution in [0.4, 0.5) is 21.0 Å². The normalized spacial score (nSPS) is 15.4. The van der Waals surface area contributed by atoms with E-state index in [0.717, 1.165) is 33.4 Å². The Morgan fingerprint density at radius 1 is 0.452 bits per heavy atom. The van der Waals surface area contributed by atoms with Crippen molar-refractivity contribution < 1.29 is 47.5 Å². The highest BCUT2D eigenvalue weighted by molar-refractivity contribution is 5.92. The van der Waals surface area contributed by atoms with Crippen molar-refractivity contribution in [2.24, 2.45) is 0 Å². The lowest BCUT2D eigenvalue weighted by atomic mass is 9.88. The Bertz CT molecular complexity index is 2240. The fourth-order valence-electron chi connectivity index (χ4n) is 8.47. The standard InChI is InChI=1S/C48H54N4O10/c1-55-39-15-9-29(23-41(39)57-3)21-37-35-27-45(61-7)43(59-5)25-31(35)17-19-51(37)47(53)49-33-11-13-34(14-12-33)50-48(54)52-20-18-32-26-44(60-6)46(62-8)28-36(32)38(52)22-30-10-16-40(56-2)42(24-30)58-4/h9-16,23-28,37-38H,17-22H2,1-8H3,(H,49,53)(H,50,54). The molecule has 2 N–H and O–H groups in total. The van der Waals surface area contributed by atoms with E-state index in [1.54, 1.807) is 81.1 Å². The topological polar surface area (TPSA) is 139 Å². The summed E-state index contributed by atoms with van der Waals surface area (Å²) in [6.07, 6.45) is 2.28. The number of amides is 4. The maximum Gasteiger partial charge on any atom is 0.322 e. The molecule has 4 amide bonds. The highest BCUT2D eigenvalue weighted by atomic mass is 16.5. The van der Waals surface area contributed by atoms with Gasteiger partial charge in [0.05, 0.1) is 69.0 Å². The SMILES string of the molecule is COc1ccc(CC2c3cc(OC)c(OC)cc3CCN2C(=O)Nc2ccc(NC(=O)N3CCc4cc(OC)c(OC)cc4C3Cc3ccc(OC)c(OC)c3)cc2)cc1OC. The summed E-state index contributed by atoms with van der Waals surface area (Å²) < 4.78 is 44.7. The Morgan fingerprint density at radius 3 is 1.11 bits per heavy atom. The number of carbonyl (C=O) groups is 2. The van der Waals surface area contributed by atoms with E-state index < -0.39 is 0 Å². The van der Waals surface area contributed by atoms with E-state index in [0.29, 0.717) is 96.1 Å². The van der Waals surface area contributed by atoms with Gasteiger partial charge in [-0.1, -0.05) is 12.1 Å². The molecular formula is C48H54N4O10. The summed E-state index contributed by atoms with van der Waals surface area (Å²) in [6, 6.07) is 25.4. The molecule has 0 saturated heterocycles. The third-order valence-corrected chi connectivity index (χ3v) is 11.7. The summed E-state index contributed by atoms with van der Waals surface area (Å²) in [7, 11) is 12.8. The number of urea groups is 2. The number of hydrogen-bond acceptors (Lipinski definition) is 10. The summed E-state index contributed by atoms with van der Waals surface area (Å²) in [5.41, 5.74) is 7.20. The van der Waals surface area contributed by atoms with Crippen LogP contribution in [0.3, 0.4) is 0 Å². The lowest BCUT2D eigenvalue weighted by Crippen LogP contribution is -2.43. The Balaban J connectivity index is 1.10. The first-order valence-corrected chi connectivity index (χ1v) is 20.3. The van der Waals surface area contributed by atoms with Crippen LogP contribution in [-0.2, 0) is 25.7 Å². The lowest BCUT2D eigenvalue weighted by Gasteiger charge is -2.38. The van der Waals surface area contributed by atoms with E-state index >= 15 is 0 Å². The predicted octanol–water partition coefficient (Wildman–Crippen LogP) is 8.50. The molecule has 2 unspecified atom stereocenters. The minimum absolute atomic E-state index is 0.259. The number of benzene rings is 5. The van der Waals surface area contributed by atoms with Gasteiger partial charge in [-0.2, -0.15) is 0 Å². The van der Waals surface area contributed by atoms with Gasteiger partial charge in [-0.25, -0.2) is 9.59 Å². The summed E-state index contributed by atoms with van der Waals surface area (Å²) in [5.74, 6) is 4.92. The maximum absolute atomic E-state index is 14.2. The number of anilines is 2. The average Bonchev–Trinajstić information content (AvgIpc) is 3.31. The molecule has 5 aromatic carbocycles. The van der Waals surface area contributed by atoms with E-state index in [4.69, 9.17) is 37.9 Å². The van der Waals surface area contributed by atoms with Crippen LogP contribution in [0.2, 0.25) is 0 Å². The number of nitrogens with one attached hydrogen (secondary N) is 2. The zero-order chi connectivity index (χ0) is 43.9. The molecule has 0 aliphatic carbocycles. The Morgan fingerprint density at radius 2 is 0.774 bits per heavy atom. The van der Waals surface area contributed by atoms with Crippen molar-refractivity contribution >= 4 is 23.4 Å². The van der Waals surface area contributed by atoms with E-state index in [-0.39, 0.29) is 24.1 Å². The molecule has 0 fully saturated rings. The highest BCUT2D eigenvalue weighted by Crippen LogP contribution is 2.43. The van der Waals surface area contributed by atoms with Crippen LogP contribution in [0.5, 0.6) is 46.0 Å². The van der Waals surface area contributed by atoms with Gasteiger partial charge in [0.2, 0.25) is 0 Å². The van der Waals surface area contributed by atoms with Gasteiger partial charge >= 0.3 is 12.1 Å². The van der Waals surface area contributed by atoms with Crippen molar-refractivity contribution in [1.29, 1.82) is 0 Å². The fraction of sp³-hybridized carbons (Fsp3) is 0.333. The number of hydrogen-bond donors (Lipinski definition) is 2. The van der Waals surface area contributed by atoms with Gasteiger partial charge in [0.25, 0.3) is 0 Å². The average molecular weight is 847 g/mol. The molecule has 326 valence electrons. The van der Waals surface area contributed by atoms with Crippen LogP contribution in [0.15, 0.2) is 84.9 Å². The predicted molar refractivity (Wildman–Crippen MR) is 236 cm³/mol. The molecule has 2 aliphatic rings. The van der Waals surface area contributed by atoms with Gasteiger partial charge in [-0.3, -0.25) is 0 Å². The third-order valence-electron chi connectivity index (χ3n) is 11.7. The van der Waals surface area contributed by atoms with Gasteiger partial charge < -0.3 is 58.3 Å². The second-order valence-electron chi connectivity index (χ2n) is 15.0. The molecule has 5 aromatic rings.